The summed E-state index contributed by atoms with van der Waals surface area (Å²) in [5.41, 5.74) is -0.723. The fourth-order valence-electron chi connectivity index (χ4n) is 3.18. The molecule has 6 nitrogen and oxygen atoms in total. The Morgan fingerprint density at radius 3 is 2.65 bits per heavy atom. The summed E-state index contributed by atoms with van der Waals surface area (Å²) in [5.74, 6) is -4.09. The zero-order chi connectivity index (χ0) is 18.9. The summed E-state index contributed by atoms with van der Waals surface area (Å²) >= 11 is 0. The Morgan fingerprint density at radius 2 is 2.00 bits per heavy atom. The molecule has 1 aromatic heterocycles. The van der Waals surface area contributed by atoms with Gasteiger partial charge in [-0.25, -0.2) is 13.2 Å². The lowest BCUT2D eigenvalue weighted by Crippen LogP contribution is -2.62. The molecular formula is C17H19F3N4O2. The molecule has 0 unspecified atom stereocenters. The number of nitrogens with one attached hydrogen (secondary N) is 1. The van der Waals surface area contributed by atoms with Gasteiger partial charge in [0.2, 0.25) is 17.6 Å². The minimum atomic E-state index is -1.55. The highest BCUT2D eigenvalue weighted by molar-refractivity contribution is 5.86. The van der Waals surface area contributed by atoms with Crippen LogP contribution in [0.25, 0.3) is 11.4 Å². The highest BCUT2D eigenvalue weighted by atomic mass is 19.2. The van der Waals surface area contributed by atoms with Gasteiger partial charge in [0.05, 0.1) is 12.1 Å². The van der Waals surface area contributed by atoms with Gasteiger partial charge in [0.25, 0.3) is 0 Å². The molecule has 1 N–H and O–H groups in total. The molecule has 3 rings (SSSR count). The monoisotopic (exact) mass is 368 g/mol. The molecule has 1 atom stereocenters. The average molecular weight is 368 g/mol. The van der Waals surface area contributed by atoms with Crippen molar-refractivity contribution in [1.82, 2.24) is 20.4 Å². The second kappa shape index (κ2) is 7.06. The lowest BCUT2D eigenvalue weighted by atomic mass is 9.90. The minimum absolute atomic E-state index is 0.0240. The first kappa shape index (κ1) is 18.4. The van der Waals surface area contributed by atoms with Gasteiger partial charge in [0, 0.05) is 18.7 Å². The molecule has 0 radical (unpaired) electrons. The third-order valence-corrected chi connectivity index (χ3v) is 4.63. The van der Waals surface area contributed by atoms with E-state index in [1.165, 1.54) is 0 Å². The molecule has 0 bridgehead atoms. The quantitative estimate of drug-likeness (QED) is 0.822. The summed E-state index contributed by atoms with van der Waals surface area (Å²) in [5, 5.41) is 6.56. The fraction of sp³-hybridized carbons (Fsp3) is 0.471. The number of hydrogen-bond donors (Lipinski definition) is 1. The number of hydrogen-bond acceptors (Lipinski definition) is 5. The van der Waals surface area contributed by atoms with Crippen LogP contribution in [0, 0.1) is 17.5 Å². The second-order valence-corrected chi connectivity index (χ2v) is 6.47. The molecule has 26 heavy (non-hydrogen) atoms. The predicted octanol–water partition coefficient (Wildman–Crippen LogP) is 2.64. The molecule has 1 aliphatic rings. The number of carbonyl (C=O) groups is 1. The first-order chi connectivity index (χ1) is 12.3. The molecule has 2 aromatic rings. The van der Waals surface area contributed by atoms with Crippen molar-refractivity contribution in [3.8, 4) is 11.4 Å². The van der Waals surface area contributed by atoms with Crippen LogP contribution >= 0.6 is 0 Å². The van der Waals surface area contributed by atoms with Crippen LogP contribution in [0.1, 0.15) is 32.6 Å². The number of rotatable bonds is 5. The fourth-order valence-corrected chi connectivity index (χ4v) is 3.18. The van der Waals surface area contributed by atoms with Gasteiger partial charge in [-0.2, -0.15) is 4.98 Å². The molecule has 1 fully saturated rings. The summed E-state index contributed by atoms with van der Waals surface area (Å²) in [6.45, 7) is 5.19. The summed E-state index contributed by atoms with van der Waals surface area (Å²) in [7, 11) is 0. The first-order valence-corrected chi connectivity index (χ1v) is 8.36. The standard InChI is InChI=1S/C17H19F3N4O2/c1-3-4-17(2)16(25)21-5-6-24(17)9-13-22-15(23-26-13)10-7-11(18)14(20)12(19)8-10/h7-8H,3-6,9H2,1-2H3,(H,21,25)/t17-/m0/s1. The molecule has 140 valence electrons. The van der Waals surface area contributed by atoms with Crippen LogP contribution in [0.2, 0.25) is 0 Å². The molecule has 1 saturated heterocycles. The van der Waals surface area contributed by atoms with Crippen LogP contribution < -0.4 is 5.32 Å². The van der Waals surface area contributed by atoms with Crippen molar-refractivity contribution in [3.05, 3.63) is 35.5 Å². The number of piperazine rings is 1. The summed E-state index contributed by atoms with van der Waals surface area (Å²) in [6.07, 6.45) is 1.48. The third-order valence-electron chi connectivity index (χ3n) is 4.63. The van der Waals surface area contributed by atoms with Gasteiger partial charge in [0.15, 0.2) is 17.5 Å². The van der Waals surface area contributed by atoms with E-state index in [1.807, 2.05) is 18.7 Å². The van der Waals surface area contributed by atoms with Crippen LogP contribution in [-0.4, -0.2) is 39.6 Å². The van der Waals surface area contributed by atoms with Crippen molar-refractivity contribution in [1.29, 1.82) is 0 Å². The lowest BCUT2D eigenvalue weighted by molar-refractivity contribution is -0.137. The molecule has 0 saturated carbocycles. The van der Waals surface area contributed by atoms with E-state index in [9.17, 15) is 18.0 Å². The average Bonchev–Trinajstić information content (AvgIpc) is 3.06. The lowest BCUT2D eigenvalue weighted by Gasteiger charge is -2.42. The van der Waals surface area contributed by atoms with E-state index in [4.69, 9.17) is 4.52 Å². The van der Waals surface area contributed by atoms with Crippen molar-refractivity contribution < 1.29 is 22.5 Å². The summed E-state index contributed by atoms with van der Waals surface area (Å²) < 4.78 is 45.0. The zero-order valence-corrected chi connectivity index (χ0v) is 14.5. The maximum atomic E-state index is 13.4. The van der Waals surface area contributed by atoms with Crippen molar-refractivity contribution in [2.75, 3.05) is 13.1 Å². The molecule has 1 aromatic carbocycles. The van der Waals surface area contributed by atoms with Gasteiger partial charge < -0.3 is 9.84 Å². The van der Waals surface area contributed by atoms with Crippen LogP contribution in [0.4, 0.5) is 13.2 Å². The van der Waals surface area contributed by atoms with Gasteiger partial charge in [0.1, 0.15) is 0 Å². The van der Waals surface area contributed by atoms with Crippen molar-refractivity contribution in [2.24, 2.45) is 0 Å². The Hall–Kier alpha value is -2.42. The molecule has 2 heterocycles. The summed E-state index contributed by atoms with van der Waals surface area (Å²) in [4.78, 5) is 18.4. The Balaban J connectivity index is 1.83. The van der Waals surface area contributed by atoms with Crippen LogP contribution in [0.15, 0.2) is 16.7 Å². The van der Waals surface area contributed by atoms with Crippen LogP contribution in [0.3, 0.4) is 0 Å². The van der Waals surface area contributed by atoms with Crippen molar-refractivity contribution >= 4 is 5.91 Å². The largest absolute Gasteiger partial charge is 0.353 e. The Morgan fingerprint density at radius 1 is 1.31 bits per heavy atom. The molecule has 9 heteroatoms. The van der Waals surface area contributed by atoms with Gasteiger partial charge in [-0.15, -0.1) is 0 Å². The second-order valence-electron chi connectivity index (χ2n) is 6.47. The third kappa shape index (κ3) is 3.31. The van der Waals surface area contributed by atoms with Crippen molar-refractivity contribution in [3.63, 3.8) is 0 Å². The number of benzene rings is 1. The van der Waals surface area contributed by atoms with E-state index in [-0.39, 0.29) is 29.7 Å². The van der Waals surface area contributed by atoms with Crippen LogP contribution in [-0.2, 0) is 11.3 Å². The minimum Gasteiger partial charge on any atom is -0.353 e. The number of amides is 1. The molecule has 0 aliphatic carbocycles. The topological polar surface area (TPSA) is 71.3 Å². The number of aromatic nitrogens is 2. The maximum Gasteiger partial charge on any atom is 0.241 e. The number of halogens is 3. The Labute approximate surface area is 148 Å². The molecule has 0 spiro atoms. The predicted molar refractivity (Wildman–Crippen MR) is 86.3 cm³/mol. The van der Waals surface area contributed by atoms with E-state index in [0.29, 0.717) is 19.5 Å². The highest BCUT2D eigenvalue weighted by Gasteiger charge is 2.41. The smallest absolute Gasteiger partial charge is 0.241 e. The molecular weight excluding hydrogens is 349 g/mol. The van der Waals surface area contributed by atoms with E-state index in [1.54, 1.807) is 0 Å². The van der Waals surface area contributed by atoms with E-state index < -0.39 is 23.0 Å². The first-order valence-electron chi connectivity index (χ1n) is 8.36. The zero-order valence-electron chi connectivity index (χ0n) is 14.5. The number of nitrogens with zero attached hydrogens (tertiary/aromatic N) is 3. The van der Waals surface area contributed by atoms with Gasteiger partial charge in [-0.05, 0) is 25.5 Å². The van der Waals surface area contributed by atoms with Gasteiger partial charge in [-0.3, -0.25) is 9.69 Å². The Bertz CT molecular complexity index is 803. The van der Waals surface area contributed by atoms with Crippen LogP contribution in [0.5, 0.6) is 0 Å². The SMILES string of the molecule is CCC[C@@]1(C)C(=O)NCCN1Cc1nc(-c2cc(F)c(F)c(F)c2)no1. The van der Waals surface area contributed by atoms with E-state index >= 15 is 0 Å². The van der Waals surface area contributed by atoms with Gasteiger partial charge >= 0.3 is 0 Å². The normalized spacial score (nSPS) is 21.0. The van der Waals surface area contributed by atoms with E-state index in [0.717, 1.165) is 18.6 Å². The Kier molecular flexibility index (Phi) is 4.99. The van der Waals surface area contributed by atoms with Gasteiger partial charge in [-0.1, -0.05) is 18.5 Å². The number of carbonyl (C=O) groups excluding carboxylic acids is 1. The van der Waals surface area contributed by atoms with E-state index in [2.05, 4.69) is 15.5 Å². The molecule has 1 amide bonds. The maximum absolute atomic E-state index is 13.4. The van der Waals surface area contributed by atoms with Crippen molar-refractivity contribution in [2.45, 2.75) is 38.8 Å². The highest BCUT2D eigenvalue weighted by Crippen LogP contribution is 2.27. The summed E-state index contributed by atoms with van der Waals surface area (Å²) in [6, 6.07) is 1.62. The molecule has 1 aliphatic heterocycles.